The standard InChI is InChI=1S/C18H24O2/c1-2-16-17(12-3-6-14(19)7-4-12)9-5-13-11-15(20)8-10-18(13)16/h3,6,11-12,16-18H,2,4-5,7-10H2,1H3/t12-,16-,17+,18+/m0/s1. The van der Waals surface area contributed by atoms with E-state index in [4.69, 9.17) is 0 Å². The molecule has 0 heterocycles. The van der Waals surface area contributed by atoms with Crippen LogP contribution in [0.5, 0.6) is 0 Å². The molecule has 0 aromatic rings. The highest BCUT2D eigenvalue weighted by atomic mass is 16.1. The minimum absolute atomic E-state index is 0.286. The minimum atomic E-state index is 0.286. The predicted molar refractivity (Wildman–Crippen MR) is 79.2 cm³/mol. The number of carbonyl (C=O) groups is 2. The molecule has 0 aliphatic heterocycles. The summed E-state index contributed by atoms with van der Waals surface area (Å²) in [6.07, 6.45) is 12.9. The fraction of sp³-hybridized carbons (Fsp3) is 0.667. The van der Waals surface area contributed by atoms with E-state index in [1.807, 2.05) is 6.08 Å². The van der Waals surface area contributed by atoms with Crippen LogP contribution in [0, 0.1) is 23.7 Å². The molecule has 3 rings (SSSR count). The lowest BCUT2D eigenvalue weighted by atomic mass is 9.60. The van der Waals surface area contributed by atoms with Crippen LogP contribution in [0.2, 0.25) is 0 Å². The predicted octanol–water partition coefficient (Wildman–Crippen LogP) is 3.86. The van der Waals surface area contributed by atoms with Gasteiger partial charge >= 0.3 is 0 Å². The molecule has 3 aliphatic rings. The fourth-order valence-electron chi connectivity index (χ4n) is 4.66. The molecule has 2 heteroatoms. The third-order valence-corrected chi connectivity index (χ3v) is 5.63. The van der Waals surface area contributed by atoms with Crippen LogP contribution in [0.25, 0.3) is 0 Å². The number of allylic oxidation sites excluding steroid dienone is 4. The van der Waals surface area contributed by atoms with Gasteiger partial charge in [-0.1, -0.05) is 25.0 Å². The first-order valence-electron chi connectivity index (χ1n) is 8.13. The molecule has 0 radical (unpaired) electrons. The van der Waals surface area contributed by atoms with Gasteiger partial charge in [-0.05, 0) is 61.5 Å². The van der Waals surface area contributed by atoms with Gasteiger partial charge in [-0.2, -0.15) is 0 Å². The molecule has 1 fully saturated rings. The lowest BCUT2D eigenvalue weighted by Gasteiger charge is -2.44. The van der Waals surface area contributed by atoms with Crippen molar-refractivity contribution >= 4 is 11.6 Å². The van der Waals surface area contributed by atoms with E-state index in [2.05, 4.69) is 13.0 Å². The van der Waals surface area contributed by atoms with E-state index >= 15 is 0 Å². The smallest absolute Gasteiger partial charge is 0.155 e. The number of fused-ring (bicyclic) bond motifs is 1. The third kappa shape index (κ3) is 2.53. The highest BCUT2D eigenvalue weighted by Gasteiger charge is 2.40. The van der Waals surface area contributed by atoms with Crippen LogP contribution in [-0.4, -0.2) is 11.6 Å². The summed E-state index contributed by atoms with van der Waals surface area (Å²) in [5.74, 6) is 3.23. The zero-order chi connectivity index (χ0) is 14.1. The molecule has 0 saturated heterocycles. The number of hydrogen-bond acceptors (Lipinski definition) is 2. The van der Waals surface area contributed by atoms with Crippen molar-refractivity contribution in [3.8, 4) is 0 Å². The first-order valence-corrected chi connectivity index (χ1v) is 8.13. The van der Waals surface area contributed by atoms with Gasteiger partial charge in [-0.3, -0.25) is 9.59 Å². The summed E-state index contributed by atoms with van der Waals surface area (Å²) in [5, 5.41) is 0. The van der Waals surface area contributed by atoms with Gasteiger partial charge in [-0.25, -0.2) is 0 Å². The minimum Gasteiger partial charge on any atom is -0.295 e. The van der Waals surface area contributed by atoms with Crippen molar-refractivity contribution in [2.75, 3.05) is 0 Å². The maximum Gasteiger partial charge on any atom is 0.155 e. The van der Waals surface area contributed by atoms with Crippen molar-refractivity contribution in [3.05, 3.63) is 23.8 Å². The molecule has 0 bridgehead atoms. The van der Waals surface area contributed by atoms with Crippen LogP contribution in [-0.2, 0) is 9.59 Å². The number of ketones is 2. The molecule has 4 atom stereocenters. The normalized spacial score (nSPS) is 37.5. The second kappa shape index (κ2) is 5.67. The summed E-state index contributed by atoms with van der Waals surface area (Å²) in [7, 11) is 0. The first kappa shape index (κ1) is 13.8. The van der Waals surface area contributed by atoms with E-state index in [1.54, 1.807) is 6.08 Å². The number of hydrogen-bond donors (Lipinski definition) is 0. The van der Waals surface area contributed by atoms with Crippen molar-refractivity contribution in [3.63, 3.8) is 0 Å². The van der Waals surface area contributed by atoms with Gasteiger partial charge in [-0.15, -0.1) is 0 Å². The van der Waals surface area contributed by atoms with E-state index < -0.39 is 0 Å². The molecule has 0 aromatic carbocycles. The fourth-order valence-corrected chi connectivity index (χ4v) is 4.66. The summed E-state index contributed by atoms with van der Waals surface area (Å²) >= 11 is 0. The largest absolute Gasteiger partial charge is 0.295 e. The van der Waals surface area contributed by atoms with Crippen LogP contribution in [0.4, 0.5) is 0 Å². The van der Waals surface area contributed by atoms with Crippen molar-refractivity contribution in [1.29, 1.82) is 0 Å². The quantitative estimate of drug-likeness (QED) is 0.765. The van der Waals surface area contributed by atoms with Gasteiger partial charge < -0.3 is 0 Å². The van der Waals surface area contributed by atoms with Crippen LogP contribution in [0.3, 0.4) is 0 Å². The molecular formula is C18H24O2. The van der Waals surface area contributed by atoms with E-state index in [-0.39, 0.29) is 5.78 Å². The Labute approximate surface area is 121 Å². The summed E-state index contributed by atoms with van der Waals surface area (Å²) in [6.45, 7) is 2.29. The van der Waals surface area contributed by atoms with Gasteiger partial charge in [0.05, 0.1) is 0 Å². The average Bonchev–Trinajstić information content (AvgIpc) is 2.46. The van der Waals surface area contributed by atoms with Gasteiger partial charge in [0.2, 0.25) is 0 Å². The summed E-state index contributed by atoms with van der Waals surface area (Å²) < 4.78 is 0. The highest BCUT2D eigenvalue weighted by Crippen LogP contribution is 2.48. The maximum atomic E-state index is 11.6. The Hall–Kier alpha value is -1.18. The molecule has 0 aromatic heterocycles. The van der Waals surface area contributed by atoms with Gasteiger partial charge in [0.1, 0.15) is 0 Å². The van der Waals surface area contributed by atoms with Gasteiger partial charge in [0, 0.05) is 12.8 Å². The van der Waals surface area contributed by atoms with E-state index in [0.29, 0.717) is 29.5 Å². The summed E-state index contributed by atoms with van der Waals surface area (Å²) in [5.41, 5.74) is 1.42. The van der Waals surface area contributed by atoms with Gasteiger partial charge in [0.15, 0.2) is 11.6 Å². The SMILES string of the molecule is CC[C@H]1[C@@H]([C@H]2C=CC(=O)CC2)CCC2=CC(=O)CC[C@H]21. The molecule has 3 aliphatic carbocycles. The lowest BCUT2D eigenvalue weighted by molar-refractivity contribution is -0.116. The molecule has 20 heavy (non-hydrogen) atoms. The molecule has 0 N–H and O–H groups in total. The maximum absolute atomic E-state index is 11.6. The molecule has 0 unspecified atom stereocenters. The van der Waals surface area contributed by atoms with E-state index in [1.165, 1.54) is 18.4 Å². The Morgan fingerprint density at radius 1 is 1.05 bits per heavy atom. The molecule has 0 amide bonds. The number of rotatable bonds is 2. The topological polar surface area (TPSA) is 34.1 Å². The monoisotopic (exact) mass is 272 g/mol. The zero-order valence-electron chi connectivity index (χ0n) is 12.3. The molecular weight excluding hydrogens is 248 g/mol. The molecule has 2 nitrogen and oxygen atoms in total. The third-order valence-electron chi connectivity index (χ3n) is 5.63. The average molecular weight is 272 g/mol. The zero-order valence-corrected chi connectivity index (χ0v) is 12.3. The summed E-state index contributed by atoms with van der Waals surface area (Å²) in [6, 6.07) is 0. The van der Waals surface area contributed by atoms with Crippen LogP contribution < -0.4 is 0 Å². The molecule has 0 spiro atoms. The Bertz CT molecular complexity index is 472. The Kier molecular flexibility index (Phi) is 3.91. The summed E-state index contributed by atoms with van der Waals surface area (Å²) in [4.78, 5) is 23.0. The second-order valence-corrected chi connectivity index (χ2v) is 6.63. The lowest BCUT2D eigenvalue weighted by Crippen LogP contribution is -2.36. The van der Waals surface area contributed by atoms with Crippen LogP contribution >= 0.6 is 0 Å². The molecule has 1 saturated carbocycles. The Morgan fingerprint density at radius 3 is 2.55 bits per heavy atom. The second-order valence-electron chi connectivity index (χ2n) is 6.63. The van der Waals surface area contributed by atoms with Crippen molar-refractivity contribution in [1.82, 2.24) is 0 Å². The highest BCUT2D eigenvalue weighted by molar-refractivity contribution is 5.91. The van der Waals surface area contributed by atoms with Crippen molar-refractivity contribution in [2.45, 2.75) is 51.9 Å². The Balaban J connectivity index is 1.80. The van der Waals surface area contributed by atoms with Crippen LogP contribution in [0.1, 0.15) is 51.9 Å². The van der Waals surface area contributed by atoms with Gasteiger partial charge in [0.25, 0.3) is 0 Å². The number of carbonyl (C=O) groups excluding carboxylic acids is 2. The Morgan fingerprint density at radius 2 is 1.85 bits per heavy atom. The van der Waals surface area contributed by atoms with E-state index in [9.17, 15) is 9.59 Å². The van der Waals surface area contributed by atoms with E-state index in [0.717, 1.165) is 32.1 Å². The molecule has 108 valence electrons. The first-order chi connectivity index (χ1) is 9.69. The van der Waals surface area contributed by atoms with Crippen molar-refractivity contribution in [2.24, 2.45) is 23.7 Å². The van der Waals surface area contributed by atoms with Crippen LogP contribution in [0.15, 0.2) is 23.8 Å². The van der Waals surface area contributed by atoms with Crippen molar-refractivity contribution < 1.29 is 9.59 Å².